The predicted octanol–water partition coefficient (Wildman–Crippen LogP) is 2.68. The molecular weight excluding hydrogens is 172 g/mol. The van der Waals surface area contributed by atoms with Gasteiger partial charge in [0.2, 0.25) is 0 Å². The first-order valence-electron chi connectivity index (χ1n) is 4.59. The van der Waals surface area contributed by atoms with Crippen molar-refractivity contribution >= 4 is 6.21 Å². The van der Waals surface area contributed by atoms with Crippen molar-refractivity contribution in [3.8, 4) is 0 Å². The van der Waals surface area contributed by atoms with E-state index in [1.807, 2.05) is 42.9 Å². The lowest BCUT2D eigenvalue weighted by Gasteiger charge is -1.97. The Morgan fingerprint density at radius 3 is 2.50 bits per heavy atom. The summed E-state index contributed by atoms with van der Waals surface area (Å²) < 4.78 is 1.78. The molecule has 0 amide bonds. The summed E-state index contributed by atoms with van der Waals surface area (Å²) in [5.41, 5.74) is 2.39. The van der Waals surface area contributed by atoms with E-state index in [2.05, 4.69) is 24.2 Å². The molecule has 0 radical (unpaired) electrons. The summed E-state index contributed by atoms with van der Waals surface area (Å²) in [5.74, 6) is 0. The summed E-state index contributed by atoms with van der Waals surface area (Å²) in [6, 6.07) is 12.1. The quantitative estimate of drug-likeness (QED) is 0.638. The minimum atomic E-state index is 1.15. The number of aryl methyl sites for hydroxylation is 1. The van der Waals surface area contributed by atoms with Crippen LogP contribution in [0.25, 0.3) is 0 Å². The van der Waals surface area contributed by atoms with Crippen molar-refractivity contribution in [1.29, 1.82) is 0 Å². The smallest absolute Gasteiger partial charge is 0.0553 e. The Morgan fingerprint density at radius 2 is 1.79 bits per heavy atom. The zero-order chi connectivity index (χ0) is 9.80. The Hall–Kier alpha value is -1.83. The Labute approximate surface area is 83.5 Å². The molecule has 70 valence electrons. The van der Waals surface area contributed by atoms with Gasteiger partial charge >= 0.3 is 0 Å². The van der Waals surface area contributed by atoms with Crippen LogP contribution in [0.1, 0.15) is 11.1 Å². The standard InChI is InChI=1S/C12H12N2/c1-11-6-2-3-7-12(11)10-13-14-8-4-5-9-14/h2-10H,1H3/b13-10+. The number of nitrogens with zero attached hydrogens (tertiary/aromatic N) is 2. The molecule has 2 rings (SSSR count). The van der Waals surface area contributed by atoms with Gasteiger partial charge in [0.15, 0.2) is 0 Å². The molecule has 0 aliphatic heterocycles. The molecule has 1 aromatic heterocycles. The number of hydrogen-bond donors (Lipinski definition) is 0. The SMILES string of the molecule is Cc1ccccc1/C=N/n1cccc1. The maximum absolute atomic E-state index is 4.29. The highest BCUT2D eigenvalue weighted by atomic mass is 15.3. The lowest BCUT2D eigenvalue weighted by atomic mass is 10.1. The Balaban J connectivity index is 2.23. The van der Waals surface area contributed by atoms with Crippen LogP contribution in [-0.4, -0.2) is 10.9 Å². The van der Waals surface area contributed by atoms with E-state index < -0.39 is 0 Å². The highest BCUT2D eigenvalue weighted by Crippen LogP contribution is 2.03. The van der Waals surface area contributed by atoms with Crippen LogP contribution < -0.4 is 0 Å². The molecule has 0 saturated heterocycles. The molecule has 1 aromatic carbocycles. The Bertz CT molecular complexity index is 427. The first-order valence-corrected chi connectivity index (χ1v) is 4.59. The van der Waals surface area contributed by atoms with E-state index in [4.69, 9.17) is 0 Å². The van der Waals surface area contributed by atoms with Gasteiger partial charge in [-0.25, -0.2) is 4.68 Å². The van der Waals surface area contributed by atoms with E-state index in [9.17, 15) is 0 Å². The van der Waals surface area contributed by atoms with Crippen LogP contribution in [-0.2, 0) is 0 Å². The van der Waals surface area contributed by atoms with Crippen LogP contribution in [0.2, 0.25) is 0 Å². The van der Waals surface area contributed by atoms with Gasteiger partial charge in [0.25, 0.3) is 0 Å². The molecule has 0 spiro atoms. The summed E-state index contributed by atoms with van der Waals surface area (Å²) >= 11 is 0. The zero-order valence-corrected chi connectivity index (χ0v) is 8.09. The Morgan fingerprint density at radius 1 is 1.07 bits per heavy atom. The van der Waals surface area contributed by atoms with Crippen LogP contribution >= 0.6 is 0 Å². The first kappa shape index (κ1) is 8.75. The first-order chi connectivity index (χ1) is 6.86. The zero-order valence-electron chi connectivity index (χ0n) is 8.09. The van der Waals surface area contributed by atoms with Crippen molar-refractivity contribution in [3.05, 3.63) is 59.9 Å². The summed E-state index contributed by atoms with van der Waals surface area (Å²) in [5, 5.41) is 4.29. The van der Waals surface area contributed by atoms with Gasteiger partial charge in [0.05, 0.1) is 6.21 Å². The third-order valence-corrected chi connectivity index (χ3v) is 2.11. The largest absolute Gasteiger partial charge is 0.248 e. The van der Waals surface area contributed by atoms with Crippen LogP contribution in [0.5, 0.6) is 0 Å². The monoisotopic (exact) mass is 184 g/mol. The third kappa shape index (κ3) is 1.91. The molecule has 14 heavy (non-hydrogen) atoms. The lowest BCUT2D eigenvalue weighted by molar-refractivity contribution is 0.894. The van der Waals surface area contributed by atoms with Crippen molar-refractivity contribution in [2.45, 2.75) is 6.92 Å². The van der Waals surface area contributed by atoms with Crippen molar-refractivity contribution < 1.29 is 0 Å². The molecule has 2 nitrogen and oxygen atoms in total. The van der Waals surface area contributed by atoms with Gasteiger partial charge in [-0.2, -0.15) is 5.10 Å². The maximum atomic E-state index is 4.29. The summed E-state index contributed by atoms with van der Waals surface area (Å²) in [7, 11) is 0. The minimum absolute atomic E-state index is 1.15. The average molecular weight is 184 g/mol. The van der Waals surface area contributed by atoms with E-state index in [0.29, 0.717) is 0 Å². The molecule has 0 unspecified atom stereocenters. The highest BCUT2D eigenvalue weighted by molar-refractivity contribution is 5.81. The number of rotatable bonds is 2. The fourth-order valence-electron chi connectivity index (χ4n) is 1.26. The number of hydrogen-bond acceptors (Lipinski definition) is 1. The van der Waals surface area contributed by atoms with Crippen LogP contribution in [0.4, 0.5) is 0 Å². The molecule has 2 heteroatoms. The maximum Gasteiger partial charge on any atom is 0.0553 e. The van der Waals surface area contributed by atoms with Gasteiger partial charge < -0.3 is 0 Å². The molecule has 0 fully saturated rings. The third-order valence-electron chi connectivity index (χ3n) is 2.11. The van der Waals surface area contributed by atoms with Gasteiger partial charge in [-0.1, -0.05) is 24.3 Å². The van der Waals surface area contributed by atoms with E-state index >= 15 is 0 Å². The second kappa shape index (κ2) is 3.92. The average Bonchev–Trinajstić information content (AvgIpc) is 2.69. The summed E-state index contributed by atoms with van der Waals surface area (Å²) in [4.78, 5) is 0. The fraction of sp³-hybridized carbons (Fsp3) is 0.0833. The van der Waals surface area contributed by atoms with Gasteiger partial charge in [-0.05, 0) is 30.2 Å². The summed E-state index contributed by atoms with van der Waals surface area (Å²) in [6.45, 7) is 2.08. The molecule has 0 saturated carbocycles. The molecule has 0 bridgehead atoms. The lowest BCUT2D eigenvalue weighted by Crippen LogP contribution is -1.89. The van der Waals surface area contributed by atoms with E-state index in [1.54, 1.807) is 4.68 Å². The molecule has 0 N–H and O–H groups in total. The van der Waals surface area contributed by atoms with Crippen molar-refractivity contribution in [3.63, 3.8) is 0 Å². The number of aromatic nitrogens is 1. The highest BCUT2D eigenvalue weighted by Gasteiger charge is 1.91. The second-order valence-electron chi connectivity index (χ2n) is 3.16. The van der Waals surface area contributed by atoms with E-state index in [1.165, 1.54) is 5.56 Å². The molecular formula is C12H12N2. The molecule has 1 heterocycles. The van der Waals surface area contributed by atoms with Gasteiger partial charge in [0, 0.05) is 12.4 Å². The van der Waals surface area contributed by atoms with Crippen LogP contribution in [0.3, 0.4) is 0 Å². The van der Waals surface area contributed by atoms with Crippen molar-refractivity contribution in [1.82, 2.24) is 4.68 Å². The molecule has 0 atom stereocenters. The van der Waals surface area contributed by atoms with E-state index in [0.717, 1.165) is 5.56 Å². The van der Waals surface area contributed by atoms with Crippen LogP contribution in [0, 0.1) is 6.92 Å². The van der Waals surface area contributed by atoms with Crippen molar-refractivity contribution in [2.75, 3.05) is 0 Å². The normalized spacial score (nSPS) is 10.9. The number of benzene rings is 1. The molecule has 0 aliphatic rings. The predicted molar refractivity (Wildman–Crippen MR) is 58.6 cm³/mol. The van der Waals surface area contributed by atoms with Crippen molar-refractivity contribution in [2.24, 2.45) is 5.10 Å². The Kier molecular flexibility index (Phi) is 2.45. The fourth-order valence-corrected chi connectivity index (χ4v) is 1.26. The van der Waals surface area contributed by atoms with Gasteiger partial charge in [0.1, 0.15) is 0 Å². The molecule has 2 aromatic rings. The topological polar surface area (TPSA) is 17.3 Å². The van der Waals surface area contributed by atoms with E-state index in [-0.39, 0.29) is 0 Å². The summed E-state index contributed by atoms with van der Waals surface area (Å²) in [6.07, 6.45) is 5.69. The van der Waals surface area contributed by atoms with Gasteiger partial charge in [-0.3, -0.25) is 0 Å². The van der Waals surface area contributed by atoms with Gasteiger partial charge in [-0.15, -0.1) is 0 Å². The minimum Gasteiger partial charge on any atom is -0.248 e. The second-order valence-corrected chi connectivity index (χ2v) is 3.16. The molecule has 0 aliphatic carbocycles. The van der Waals surface area contributed by atoms with Crippen LogP contribution in [0.15, 0.2) is 53.9 Å².